The number of nitrogens with one attached hydrogen (secondary N) is 1. The van der Waals surface area contributed by atoms with E-state index in [9.17, 15) is 5.11 Å². The number of nitrogens with zero attached hydrogens (tertiary/aromatic N) is 5. The molecule has 7 rings (SSSR count). The van der Waals surface area contributed by atoms with Gasteiger partial charge < -0.3 is 15.3 Å². The van der Waals surface area contributed by atoms with Crippen molar-refractivity contribution in [3.8, 4) is 11.4 Å². The number of para-hydroxylation sites is 3. The van der Waals surface area contributed by atoms with Crippen molar-refractivity contribution < 1.29 is 5.11 Å². The molecule has 39 heavy (non-hydrogen) atoms. The van der Waals surface area contributed by atoms with Crippen LogP contribution in [0.15, 0.2) is 113 Å². The molecule has 7 nitrogen and oxygen atoms in total. The van der Waals surface area contributed by atoms with E-state index < -0.39 is 0 Å². The number of hydrogen-bond donors (Lipinski definition) is 2. The molecule has 2 aliphatic rings. The van der Waals surface area contributed by atoms with E-state index in [2.05, 4.69) is 10.2 Å². The largest absolute Gasteiger partial charge is 0.508 e. The van der Waals surface area contributed by atoms with Gasteiger partial charge >= 0.3 is 0 Å². The maximum absolute atomic E-state index is 10.5. The second-order valence-electron chi connectivity index (χ2n) is 9.45. The van der Waals surface area contributed by atoms with Crippen molar-refractivity contribution >= 4 is 46.2 Å². The number of anilines is 2. The number of aromatic hydroxyl groups is 1. The molecule has 4 aromatic carbocycles. The third-order valence-corrected chi connectivity index (χ3v) is 7.18. The number of aliphatic imine (C=N–C) groups is 2. The molecule has 0 spiro atoms. The van der Waals surface area contributed by atoms with E-state index in [0.717, 1.165) is 45.4 Å². The van der Waals surface area contributed by atoms with Crippen molar-refractivity contribution in [3.05, 3.63) is 125 Å². The third kappa shape index (κ3) is 3.95. The molecule has 2 N–H and O–H groups in total. The number of rotatable bonds is 3. The molecule has 0 bridgehead atoms. The molecule has 0 radical (unpaired) electrons. The van der Waals surface area contributed by atoms with Gasteiger partial charge in [0.2, 0.25) is 0 Å². The van der Waals surface area contributed by atoms with Crippen LogP contribution in [0.1, 0.15) is 22.9 Å². The molecule has 0 saturated heterocycles. The van der Waals surface area contributed by atoms with E-state index in [1.165, 1.54) is 0 Å². The zero-order valence-corrected chi connectivity index (χ0v) is 21.7. The third-order valence-electron chi connectivity index (χ3n) is 6.93. The highest BCUT2D eigenvalue weighted by molar-refractivity contribution is 6.51. The molecule has 0 unspecified atom stereocenters. The predicted octanol–water partition coefficient (Wildman–Crippen LogP) is 7.34. The Labute approximate surface area is 230 Å². The minimum atomic E-state index is -0.310. The Balaban J connectivity index is 1.50. The fourth-order valence-electron chi connectivity index (χ4n) is 5.23. The summed E-state index contributed by atoms with van der Waals surface area (Å²) in [5.74, 6) is 2.18. The summed E-state index contributed by atoms with van der Waals surface area (Å²) in [5.41, 5.74) is 6.23. The van der Waals surface area contributed by atoms with Gasteiger partial charge in [0.15, 0.2) is 17.5 Å². The Morgan fingerprint density at radius 2 is 1.62 bits per heavy atom. The molecule has 0 amide bonds. The molecule has 190 valence electrons. The van der Waals surface area contributed by atoms with Crippen molar-refractivity contribution in [2.75, 3.05) is 10.2 Å². The summed E-state index contributed by atoms with van der Waals surface area (Å²) < 4.78 is 1.88. The summed E-state index contributed by atoms with van der Waals surface area (Å²) in [6.45, 7) is 2.01. The van der Waals surface area contributed by atoms with Crippen LogP contribution in [0.3, 0.4) is 0 Å². The summed E-state index contributed by atoms with van der Waals surface area (Å²) in [4.78, 5) is 12.4. The fraction of sp³-hybridized carbons (Fsp3) is 0.0645. The maximum atomic E-state index is 10.5. The molecule has 0 fully saturated rings. The molecule has 5 aromatic rings. The Morgan fingerprint density at radius 1 is 0.846 bits per heavy atom. The van der Waals surface area contributed by atoms with Crippen molar-refractivity contribution in [3.63, 3.8) is 0 Å². The number of amidine groups is 2. The minimum absolute atomic E-state index is 0.199. The van der Waals surface area contributed by atoms with Crippen LogP contribution in [0.2, 0.25) is 5.02 Å². The quantitative estimate of drug-likeness (QED) is 0.256. The summed E-state index contributed by atoms with van der Waals surface area (Å²) >= 11 is 6.15. The number of phenols is 1. The maximum Gasteiger partial charge on any atom is 0.179 e. The molecule has 8 heteroatoms. The zero-order valence-electron chi connectivity index (χ0n) is 21.0. The zero-order chi connectivity index (χ0) is 26.5. The monoisotopic (exact) mass is 530 g/mol. The molecule has 1 aromatic heterocycles. The van der Waals surface area contributed by atoms with Crippen molar-refractivity contribution in [1.82, 2.24) is 9.78 Å². The molecule has 1 atom stereocenters. The predicted molar refractivity (Wildman–Crippen MR) is 156 cm³/mol. The van der Waals surface area contributed by atoms with E-state index >= 15 is 0 Å². The van der Waals surface area contributed by atoms with Gasteiger partial charge in [-0.05, 0) is 73.2 Å². The smallest absolute Gasteiger partial charge is 0.179 e. The van der Waals surface area contributed by atoms with Crippen LogP contribution in [-0.2, 0) is 0 Å². The van der Waals surface area contributed by atoms with Gasteiger partial charge in [0.1, 0.15) is 5.75 Å². The molecule has 3 heterocycles. The molecule has 0 aliphatic carbocycles. The van der Waals surface area contributed by atoms with Gasteiger partial charge in [-0.3, -0.25) is 0 Å². The highest BCUT2D eigenvalue weighted by Gasteiger charge is 2.41. The van der Waals surface area contributed by atoms with E-state index in [4.69, 9.17) is 26.7 Å². The highest BCUT2D eigenvalue weighted by Crippen LogP contribution is 2.48. The van der Waals surface area contributed by atoms with Gasteiger partial charge in [0, 0.05) is 16.3 Å². The van der Waals surface area contributed by atoms with E-state index in [1.54, 1.807) is 12.1 Å². The summed E-state index contributed by atoms with van der Waals surface area (Å²) in [6, 6.07) is 32.6. The van der Waals surface area contributed by atoms with E-state index in [-0.39, 0.29) is 11.8 Å². The van der Waals surface area contributed by atoms with Gasteiger partial charge in [-0.15, -0.1) is 0 Å². The Kier molecular flexibility index (Phi) is 5.45. The lowest BCUT2D eigenvalue weighted by atomic mass is 9.93. The summed E-state index contributed by atoms with van der Waals surface area (Å²) in [5, 5.41) is 19.6. The highest BCUT2D eigenvalue weighted by atomic mass is 35.5. The first kappa shape index (κ1) is 23.3. The number of aryl methyl sites for hydroxylation is 1. The average molecular weight is 531 g/mol. The molecule has 0 saturated carbocycles. The average Bonchev–Trinajstić information content (AvgIpc) is 3.29. The summed E-state index contributed by atoms with van der Waals surface area (Å²) in [7, 11) is 0. The first-order chi connectivity index (χ1) is 19.1. The van der Waals surface area contributed by atoms with Crippen LogP contribution in [0.4, 0.5) is 22.9 Å². The van der Waals surface area contributed by atoms with Gasteiger partial charge in [0.05, 0.1) is 28.8 Å². The molecular formula is C31H23ClN6O. The lowest BCUT2D eigenvalue weighted by Gasteiger charge is -2.40. The fourth-order valence-corrected chi connectivity index (χ4v) is 5.35. The lowest BCUT2D eigenvalue weighted by Crippen LogP contribution is -2.46. The molecular weight excluding hydrogens is 508 g/mol. The number of fused-ring (bicyclic) bond motifs is 4. The standard InChI is InChI=1S/C31H23ClN6O/c1-19-27-28(20-8-7-11-24(39)18-20)37-26-13-6-5-12-25(26)34-29(33-22-16-14-21(32)15-17-22)31(37)35-30(27)38(36-19)23-9-3-2-4-10-23/h2-18,28,39H,1H3,(H,33,34)/t28-/m1/s1. The summed E-state index contributed by atoms with van der Waals surface area (Å²) in [6.07, 6.45) is 0. The number of aromatic nitrogens is 2. The van der Waals surface area contributed by atoms with Crippen molar-refractivity contribution in [2.24, 2.45) is 9.98 Å². The van der Waals surface area contributed by atoms with Gasteiger partial charge in [-0.25, -0.2) is 14.7 Å². The number of benzene rings is 4. The second kappa shape index (κ2) is 9.15. The van der Waals surface area contributed by atoms with Crippen LogP contribution in [0.25, 0.3) is 5.69 Å². The van der Waals surface area contributed by atoms with E-state index in [1.807, 2.05) is 103 Å². The Hall–Kier alpha value is -4.88. The first-order valence-corrected chi connectivity index (χ1v) is 13.0. The SMILES string of the molecule is Cc1nn(-c2ccccc2)c2c1[C@@H](c1cccc(O)c1)N1C(=N2)C(Nc2ccc(Cl)cc2)=Nc2ccccc21. The first-order valence-electron chi connectivity index (χ1n) is 12.6. The van der Waals surface area contributed by atoms with Crippen LogP contribution < -0.4 is 10.2 Å². The van der Waals surface area contributed by atoms with E-state index in [0.29, 0.717) is 16.7 Å². The molecule has 2 aliphatic heterocycles. The minimum Gasteiger partial charge on any atom is -0.508 e. The van der Waals surface area contributed by atoms with Crippen LogP contribution in [0, 0.1) is 6.92 Å². The van der Waals surface area contributed by atoms with Crippen LogP contribution in [-0.4, -0.2) is 26.6 Å². The van der Waals surface area contributed by atoms with Gasteiger partial charge in [-0.2, -0.15) is 5.10 Å². The lowest BCUT2D eigenvalue weighted by molar-refractivity contribution is 0.474. The van der Waals surface area contributed by atoms with Gasteiger partial charge in [-0.1, -0.05) is 54.1 Å². The topological polar surface area (TPSA) is 78.0 Å². The van der Waals surface area contributed by atoms with Crippen LogP contribution >= 0.6 is 11.6 Å². The van der Waals surface area contributed by atoms with Crippen molar-refractivity contribution in [2.45, 2.75) is 13.0 Å². The Morgan fingerprint density at radius 3 is 2.41 bits per heavy atom. The second-order valence-corrected chi connectivity index (χ2v) is 9.89. The number of hydrogen-bond acceptors (Lipinski definition) is 6. The number of phenolic OH excluding ortho intramolecular Hbond substituents is 1. The van der Waals surface area contributed by atoms with Crippen molar-refractivity contribution in [1.29, 1.82) is 0 Å². The van der Waals surface area contributed by atoms with Crippen LogP contribution in [0.5, 0.6) is 5.75 Å². The normalized spacial score (nSPS) is 15.5. The Bertz CT molecular complexity index is 1780. The van der Waals surface area contributed by atoms with Gasteiger partial charge in [0.25, 0.3) is 0 Å². The number of halogens is 1.